The summed E-state index contributed by atoms with van der Waals surface area (Å²) in [6, 6.07) is 1.69. The van der Waals surface area contributed by atoms with E-state index in [9.17, 15) is 8.42 Å². The lowest BCUT2D eigenvalue weighted by atomic mass is 10.3. The molecule has 0 saturated carbocycles. The van der Waals surface area contributed by atoms with Crippen molar-refractivity contribution < 1.29 is 8.42 Å². The van der Waals surface area contributed by atoms with E-state index < -0.39 is 9.84 Å². The highest BCUT2D eigenvalue weighted by Crippen LogP contribution is 2.16. The van der Waals surface area contributed by atoms with Gasteiger partial charge in [0.1, 0.15) is 15.0 Å². The molecule has 0 aliphatic rings. The minimum atomic E-state index is -2.97. The van der Waals surface area contributed by atoms with Crippen LogP contribution < -0.4 is 5.32 Å². The molecule has 0 aliphatic heterocycles. The molecule has 1 rings (SSSR count). The van der Waals surface area contributed by atoms with Crippen molar-refractivity contribution >= 4 is 27.1 Å². The van der Waals surface area contributed by atoms with Crippen LogP contribution in [0.5, 0.6) is 0 Å². The number of aryl methyl sites for hydroxylation is 1. The van der Waals surface area contributed by atoms with E-state index in [2.05, 4.69) is 10.3 Å². The number of nitrogens with one attached hydrogen (secondary N) is 1. The Morgan fingerprint density at radius 2 is 2.19 bits per heavy atom. The van der Waals surface area contributed by atoms with Crippen molar-refractivity contribution in [2.24, 2.45) is 0 Å². The molecule has 90 valence electrons. The Labute approximate surface area is 101 Å². The van der Waals surface area contributed by atoms with Crippen molar-refractivity contribution in [3.8, 4) is 0 Å². The molecule has 0 bridgehead atoms. The number of sulfone groups is 1. The highest BCUT2D eigenvalue weighted by atomic mass is 35.5. The van der Waals surface area contributed by atoms with Crippen LogP contribution in [-0.4, -0.2) is 31.5 Å². The minimum Gasteiger partial charge on any atom is -0.380 e. The van der Waals surface area contributed by atoms with Crippen LogP contribution in [0.1, 0.15) is 12.5 Å². The van der Waals surface area contributed by atoms with Crippen LogP contribution in [0.2, 0.25) is 5.15 Å². The molecule has 0 aromatic carbocycles. The zero-order chi connectivity index (χ0) is 12.3. The Kier molecular flexibility index (Phi) is 4.15. The molecule has 16 heavy (non-hydrogen) atoms. The minimum absolute atomic E-state index is 0.0919. The van der Waals surface area contributed by atoms with Gasteiger partial charge in [-0.2, -0.15) is 0 Å². The van der Waals surface area contributed by atoms with E-state index in [1.165, 1.54) is 6.26 Å². The van der Waals surface area contributed by atoms with Crippen molar-refractivity contribution in [1.82, 2.24) is 4.98 Å². The zero-order valence-corrected chi connectivity index (χ0v) is 11.1. The average molecular weight is 263 g/mol. The lowest BCUT2D eigenvalue weighted by Crippen LogP contribution is -2.25. The van der Waals surface area contributed by atoms with Gasteiger partial charge in [-0.15, -0.1) is 0 Å². The largest absolute Gasteiger partial charge is 0.380 e. The van der Waals surface area contributed by atoms with Gasteiger partial charge in [-0.3, -0.25) is 0 Å². The molecule has 1 aromatic rings. The lowest BCUT2D eigenvalue weighted by molar-refractivity contribution is 0.598. The predicted molar refractivity (Wildman–Crippen MR) is 66.8 cm³/mol. The molecule has 1 unspecified atom stereocenters. The fourth-order valence-electron chi connectivity index (χ4n) is 1.42. The van der Waals surface area contributed by atoms with Gasteiger partial charge in [0, 0.05) is 12.3 Å². The van der Waals surface area contributed by atoms with Gasteiger partial charge in [0.2, 0.25) is 0 Å². The van der Waals surface area contributed by atoms with Gasteiger partial charge < -0.3 is 5.32 Å². The maximum absolute atomic E-state index is 11.1. The van der Waals surface area contributed by atoms with Gasteiger partial charge in [-0.1, -0.05) is 11.6 Å². The summed E-state index contributed by atoms with van der Waals surface area (Å²) in [6.07, 6.45) is 2.81. The number of pyridine rings is 1. The van der Waals surface area contributed by atoms with Crippen molar-refractivity contribution in [2.45, 2.75) is 19.9 Å². The van der Waals surface area contributed by atoms with E-state index in [1.54, 1.807) is 6.20 Å². The van der Waals surface area contributed by atoms with Gasteiger partial charge in [0.05, 0.1) is 17.6 Å². The molecule has 0 spiro atoms. The monoisotopic (exact) mass is 262 g/mol. The SMILES string of the molecule is Cc1cc(NC(C)CS(C)(=O)=O)cnc1Cl. The summed E-state index contributed by atoms with van der Waals surface area (Å²) in [5.74, 6) is 0.0919. The smallest absolute Gasteiger partial charge is 0.149 e. The van der Waals surface area contributed by atoms with E-state index in [-0.39, 0.29) is 11.8 Å². The summed E-state index contributed by atoms with van der Waals surface area (Å²) in [4.78, 5) is 3.98. The van der Waals surface area contributed by atoms with Crippen molar-refractivity contribution in [1.29, 1.82) is 0 Å². The zero-order valence-electron chi connectivity index (χ0n) is 9.49. The number of halogens is 1. The quantitative estimate of drug-likeness (QED) is 0.842. The van der Waals surface area contributed by atoms with Crippen LogP contribution in [0.4, 0.5) is 5.69 Å². The van der Waals surface area contributed by atoms with Gasteiger partial charge in [0.25, 0.3) is 0 Å². The summed E-state index contributed by atoms with van der Waals surface area (Å²) in [5.41, 5.74) is 1.64. The van der Waals surface area contributed by atoms with Crippen LogP contribution in [0, 0.1) is 6.92 Å². The van der Waals surface area contributed by atoms with Gasteiger partial charge >= 0.3 is 0 Å². The highest BCUT2D eigenvalue weighted by molar-refractivity contribution is 7.90. The molecule has 1 heterocycles. The molecular weight excluding hydrogens is 248 g/mol. The first-order valence-electron chi connectivity index (χ1n) is 4.84. The average Bonchev–Trinajstić information content (AvgIpc) is 2.08. The van der Waals surface area contributed by atoms with E-state index >= 15 is 0 Å². The summed E-state index contributed by atoms with van der Waals surface area (Å²) < 4.78 is 22.2. The van der Waals surface area contributed by atoms with Gasteiger partial charge in [-0.05, 0) is 25.5 Å². The van der Waals surface area contributed by atoms with E-state index in [1.807, 2.05) is 19.9 Å². The van der Waals surface area contributed by atoms with E-state index in [0.29, 0.717) is 5.15 Å². The van der Waals surface area contributed by atoms with Gasteiger partial charge in [-0.25, -0.2) is 13.4 Å². The fraction of sp³-hybridized carbons (Fsp3) is 0.500. The highest BCUT2D eigenvalue weighted by Gasteiger charge is 2.10. The Morgan fingerprint density at radius 1 is 1.56 bits per heavy atom. The maximum atomic E-state index is 11.1. The Morgan fingerprint density at radius 3 is 2.69 bits per heavy atom. The molecule has 0 saturated heterocycles. The molecular formula is C10H15ClN2O2S. The number of rotatable bonds is 4. The normalized spacial score (nSPS) is 13.5. The van der Waals surface area contributed by atoms with Crippen LogP contribution in [0.15, 0.2) is 12.3 Å². The first kappa shape index (κ1) is 13.3. The summed E-state index contributed by atoms with van der Waals surface area (Å²) in [5, 5.41) is 3.53. The first-order chi connectivity index (χ1) is 7.28. The number of hydrogen-bond donors (Lipinski definition) is 1. The molecule has 1 N–H and O–H groups in total. The second-order valence-electron chi connectivity index (χ2n) is 3.97. The molecule has 0 amide bonds. The standard InChI is InChI=1S/C10H15ClN2O2S/c1-7-4-9(5-12-10(7)11)13-8(2)6-16(3,14)15/h4-5,8,13H,6H2,1-3H3. The fourth-order valence-corrected chi connectivity index (χ4v) is 2.51. The summed E-state index contributed by atoms with van der Waals surface area (Å²) in [7, 11) is -2.97. The Balaban J connectivity index is 2.70. The van der Waals surface area contributed by atoms with Crippen molar-refractivity contribution in [3.63, 3.8) is 0 Å². The Hall–Kier alpha value is -0.810. The van der Waals surface area contributed by atoms with E-state index in [0.717, 1.165) is 11.3 Å². The molecule has 4 nitrogen and oxygen atoms in total. The van der Waals surface area contributed by atoms with Crippen LogP contribution in [0.25, 0.3) is 0 Å². The lowest BCUT2D eigenvalue weighted by Gasteiger charge is -2.14. The molecule has 0 aliphatic carbocycles. The topological polar surface area (TPSA) is 59.1 Å². The molecule has 0 radical (unpaired) electrons. The maximum Gasteiger partial charge on any atom is 0.149 e. The third-order valence-corrected chi connectivity index (χ3v) is 3.48. The van der Waals surface area contributed by atoms with Crippen LogP contribution in [0.3, 0.4) is 0 Å². The van der Waals surface area contributed by atoms with E-state index in [4.69, 9.17) is 11.6 Å². The van der Waals surface area contributed by atoms with Crippen molar-refractivity contribution in [2.75, 3.05) is 17.3 Å². The number of hydrogen-bond acceptors (Lipinski definition) is 4. The second kappa shape index (κ2) is 5.01. The number of nitrogens with zero attached hydrogens (tertiary/aromatic N) is 1. The second-order valence-corrected chi connectivity index (χ2v) is 6.51. The first-order valence-corrected chi connectivity index (χ1v) is 7.28. The number of anilines is 1. The summed E-state index contributed by atoms with van der Waals surface area (Å²) in [6.45, 7) is 3.66. The number of aromatic nitrogens is 1. The van der Waals surface area contributed by atoms with Crippen LogP contribution in [-0.2, 0) is 9.84 Å². The Bertz CT molecular complexity index is 474. The molecule has 0 fully saturated rings. The van der Waals surface area contributed by atoms with Gasteiger partial charge in [0.15, 0.2) is 0 Å². The van der Waals surface area contributed by atoms with Crippen LogP contribution >= 0.6 is 11.6 Å². The molecule has 1 aromatic heterocycles. The molecule has 6 heteroatoms. The van der Waals surface area contributed by atoms with Crippen molar-refractivity contribution in [3.05, 3.63) is 23.0 Å². The predicted octanol–water partition coefficient (Wildman–Crippen LogP) is 1.89. The molecule has 1 atom stereocenters. The third kappa shape index (κ3) is 4.37. The summed E-state index contributed by atoms with van der Waals surface area (Å²) >= 11 is 5.79. The third-order valence-electron chi connectivity index (χ3n) is 1.98.